The van der Waals surface area contributed by atoms with E-state index in [1.807, 2.05) is 23.1 Å². The van der Waals surface area contributed by atoms with Crippen molar-refractivity contribution < 1.29 is 28.0 Å². The van der Waals surface area contributed by atoms with Gasteiger partial charge in [-0.15, -0.1) is 0 Å². The van der Waals surface area contributed by atoms with Crippen LogP contribution in [-0.2, 0) is 16.1 Å². The van der Waals surface area contributed by atoms with Gasteiger partial charge in [0.2, 0.25) is 11.8 Å². The lowest BCUT2D eigenvalue weighted by atomic mass is 9.95. The number of fused-ring (bicyclic) bond motifs is 2. The highest BCUT2D eigenvalue weighted by atomic mass is 19.1. The van der Waals surface area contributed by atoms with E-state index < -0.39 is 17.8 Å². The Kier molecular flexibility index (Phi) is 10.9. The Morgan fingerprint density at radius 2 is 1.62 bits per heavy atom. The minimum atomic E-state index is -0.745. The monoisotopic (exact) mass is 830 g/mol. The van der Waals surface area contributed by atoms with Crippen LogP contribution in [0.25, 0.3) is 10.9 Å². The summed E-state index contributed by atoms with van der Waals surface area (Å²) in [4.78, 5) is 66.9. The number of pyridine rings is 1. The topological polar surface area (TPSA) is 148 Å². The van der Waals surface area contributed by atoms with E-state index in [1.165, 1.54) is 17.0 Å². The van der Waals surface area contributed by atoms with Crippen molar-refractivity contribution in [2.45, 2.75) is 51.2 Å². The van der Waals surface area contributed by atoms with Gasteiger partial charge in [0.25, 0.3) is 5.91 Å². The summed E-state index contributed by atoms with van der Waals surface area (Å²) in [5.41, 5.74) is 4.50. The molecule has 61 heavy (non-hydrogen) atoms. The highest BCUT2D eigenvalue weighted by Gasteiger charge is 2.40. The fraction of sp³-hybridized carbons (Fsp3) is 0.422. The average Bonchev–Trinajstić information content (AvgIpc) is 3.57. The second kappa shape index (κ2) is 16.6. The van der Waals surface area contributed by atoms with Crippen LogP contribution in [0.15, 0.2) is 60.8 Å². The van der Waals surface area contributed by atoms with Crippen LogP contribution in [0.3, 0.4) is 0 Å². The molecule has 0 aliphatic carbocycles. The number of halogens is 2. The number of aromatic nitrogens is 1. The van der Waals surface area contributed by atoms with E-state index in [-0.39, 0.29) is 54.7 Å². The third-order valence-electron chi connectivity index (χ3n) is 13.1. The lowest BCUT2D eigenvalue weighted by Crippen LogP contribution is -2.54. The van der Waals surface area contributed by atoms with E-state index in [1.54, 1.807) is 35.4 Å². The molecule has 316 valence electrons. The fourth-order valence-electron chi connectivity index (χ4n) is 9.75. The SMILES string of the molecule is C[C@H]1CN(C(=O)Nc2ccc(N3CCC(CN4CCN(c5cc6c(cc5F)C(=O)N([C@H]5CCC(=O)NC5=O)C6)CC4)CC3)c(F)c2)CCN1c1ccc(C#N)c2ncccc12. The molecule has 14 nitrogen and oxygen atoms in total. The average molecular weight is 831 g/mol. The summed E-state index contributed by atoms with van der Waals surface area (Å²) in [6, 6.07) is 16.7. The van der Waals surface area contributed by atoms with Gasteiger partial charge in [0.1, 0.15) is 23.7 Å². The van der Waals surface area contributed by atoms with Crippen molar-refractivity contribution in [3.05, 3.63) is 89.1 Å². The first-order chi connectivity index (χ1) is 29.5. The first-order valence-electron chi connectivity index (χ1n) is 21.1. The molecule has 5 amide bonds. The number of hydrogen-bond acceptors (Lipinski definition) is 10. The number of carbonyl (C=O) groups is 4. The molecule has 0 radical (unpaired) electrons. The van der Waals surface area contributed by atoms with Gasteiger partial charge in [-0.25, -0.2) is 13.6 Å². The number of urea groups is 1. The van der Waals surface area contributed by atoms with E-state index >= 15 is 8.78 Å². The molecule has 4 aromatic rings. The van der Waals surface area contributed by atoms with Crippen molar-refractivity contribution in [2.24, 2.45) is 5.92 Å². The number of rotatable bonds is 7. The minimum Gasteiger partial charge on any atom is -0.369 e. The predicted octanol–water partition coefficient (Wildman–Crippen LogP) is 4.93. The normalized spacial score (nSPS) is 21.5. The van der Waals surface area contributed by atoms with Crippen LogP contribution in [-0.4, -0.2) is 121 Å². The number of piperidine rings is 2. The van der Waals surface area contributed by atoms with E-state index in [0.717, 1.165) is 56.6 Å². The Morgan fingerprint density at radius 3 is 2.36 bits per heavy atom. The van der Waals surface area contributed by atoms with Gasteiger partial charge in [0, 0.05) is 113 Å². The van der Waals surface area contributed by atoms with Gasteiger partial charge >= 0.3 is 6.03 Å². The van der Waals surface area contributed by atoms with Crippen LogP contribution in [0.4, 0.5) is 36.3 Å². The smallest absolute Gasteiger partial charge is 0.321 e. The maximum absolute atomic E-state index is 15.6. The predicted molar refractivity (Wildman–Crippen MR) is 226 cm³/mol. The van der Waals surface area contributed by atoms with Crippen LogP contribution in [0.5, 0.6) is 0 Å². The molecule has 5 aliphatic heterocycles. The number of amides is 5. The first kappa shape index (κ1) is 40.1. The molecule has 5 aliphatic rings. The quantitative estimate of drug-likeness (QED) is 0.246. The standard InChI is InChI=1S/C45H48F2N10O4/c1-28-25-55(19-20-56(28)37-6-4-30(24-48)42-33(37)3-2-12-49-42)45(61)50-32-5-7-38(35(46)22-32)53-13-10-29(11-14-53)26-52-15-17-54(18-16-52)40-21-31-27-57(44(60)34(31)23-36(40)47)39-8-9-41(58)51-43(39)59/h2-7,12,21-23,28-29,39H,8-11,13-20,25-27H2,1H3,(H,50,61)(H,51,58,59)/t28-,39-/m0/s1. The third kappa shape index (κ3) is 7.90. The molecule has 1 aromatic heterocycles. The molecular weight excluding hydrogens is 783 g/mol. The number of piperazine rings is 2. The van der Waals surface area contributed by atoms with Crippen molar-refractivity contribution in [1.82, 2.24) is 25.0 Å². The number of nitrogens with zero attached hydrogens (tertiary/aromatic N) is 8. The van der Waals surface area contributed by atoms with Crippen molar-refractivity contribution >= 4 is 57.4 Å². The van der Waals surface area contributed by atoms with Crippen LogP contribution >= 0.6 is 0 Å². The minimum absolute atomic E-state index is 0.000439. The molecule has 9 rings (SSSR count). The van der Waals surface area contributed by atoms with E-state index in [0.29, 0.717) is 72.3 Å². The van der Waals surface area contributed by atoms with Gasteiger partial charge in [-0.2, -0.15) is 5.26 Å². The molecule has 0 spiro atoms. The maximum Gasteiger partial charge on any atom is 0.321 e. The van der Waals surface area contributed by atoms with Gasteiger partial charge in [-0.3, -0.25) is 29.6 Å². The molecule has 2 N–H and O–H groups in total. The zero-order chi connectivity index (χ0) is 42.4. The second-order valence-corrected chi connectivity index (χ2v) is 16.8. The van der Waals surface area contributed by atoms with Crippen molar-refractivity contribution in [1.29, 1.82) is 5.26 Å². The number of imide groups is 1. The number of nitrogens with one attached hydrogen (secondary N) is 2. The number of hydrogen-bond donors (Lipinski definition) is 2. The Hall–Kier alpha value is -6.34. The highest BCUT2D eigenvalue weighted by Crippen LogP contribution is 2.35. The molecule has 4 saturated heterocycles. The summed E-state index contributed by atoms with van der Waals surface area (Å²) >= 11 is 0. The van der Waals surface area contributed by atoms with Crippen molar-refractivity contribution in [2.75, 3.05) is 85.5 Å². The van der Waals surface area contributed by atoms with Crippen LogP contribution in [0, 0.1) is 28.9 Å². The zero-order valence-electron chi connectivity index (χ0n) is 34.1. The first-order valence-corrected chi connectivity index (χ1v) is 21.1. The Balaban J connectivity index is 0.734. The summed E-state index contributed by atoms with van der Waals surface area (Å²) in [5, 5.41) is 15.6. The van der Waals surface area contributed by atoms with Crippen LogP contribution in [0.2, 0.25) is 0 Å². The number of anilines is 4. The van der Waals surface area contributed by atoms with Gasteiger partial charge in [0.15, 0.2) is 0 Å². The molecule has 16 heteroatoms. The Labute approximate surface area is 352 Å². The number of carbonyl (C=O) groups excluding carboxylic acids is 4. The summed E-state index contributed by atoms with van der Waals surface area (Å²) in [5.74, 6) is -1.62. The number of benzene rings is 3. The number of nitriles is 1. The lowest BCUT2D eigenvalue weighted by Gasteiger charge is -2.41. The van der Waals surface area contributed by atoms with E-state index in [2.05, 4.69) is 43.3 Å². The molecule has 0 unspecified atom stereocenters. The fourth-order valence-corrected chi connectivity index (χ4v) is 9.75. The summed E-state index contributed by atoms with van der Waals surface area (Å²) < 4.78 is 31.0. The molecule has 6 heterocycles. The van der Waals surface area contributed by atoms with Gasteiger partial charge < -0.3 is 29.8 Å². The largest absolute Gasteiger partial charge is 0.369 e. The van der Waals surface area contributed by atoms with Crippen molar-refractivity contribution in [3.8, 4) is 6.07 Å². The molecule has 3 aromatic carbocycles. The summed E-state index contributed by atoms with van der Waals surface area (Å²) in [6.45, 7) is 8.96. The van der Waals surface area contributed by atoms with Crippen LogP contribution < -0.4 is 25.3 Å². The molecule has 0 bridgehead atoms. The lowest BCUT2D eigenvalue weighted by molar-refractivity contribution is -0.136. The molecule has 2 atom stereocenters. The zero-order valence-corrected chi connectivity index (χ0v) is 34.1. The Morgan fingerprint density at radius 1 is 0.869 bits per heavy atom. The van der Waals surface area contributed by atoms with E-state index in [4.69, 9.17) is 0 Å². The molecule has 0 saturated carbocycles. The van der Waals surface area contributed by atoms with Gasteiger partial charge in [-0.1, -0.05) is 0 Å². The second-order valence-electron chi connectivity index (χ2n) is 16.8. The van der Waals surface area contributed by atoms with Crippen molar-refractivity contribution in [3.63, 3.8) is 0 Å². The highest BCUT2D eigenvalue weighted by molar-refractivity contribution is 6.05. The molecular formula is C45H48F2N10O4. The maximum atomic E-state index is 15.6. The van der Waals surface area contributed by atoms with Crippen LogP contribution in [0.1, 0.15) is 54.1 Å². The third-order valence-corrected chi connectivity index (χ3v) is 13.1. The summed E-state index contributed by atoms with van der Waals surface area (Å²) in [7, 11) is 0. The van der Waals surface area contributed by atoms with E-state index in [9.17, 15) is 24.4 Å². The van der Waals surface area contributed by atoms with Gasteiger partial charge in [-0.05, 0) is 92.3 Å². The summed E-state index contributed by atoms with van der Waals surface area (Å²) in [6.07, 6.45) is 3.92. The Bertz CT molecular complexity index is 2440. The van der Waals surface area contributed by atoms with Gasteiger partial charge in [0.05, 0.1) is 22.5 Å². The molecule has 4 fully saturated rings.